The molecule has 218 valence electrons. The van der Waals surface area contributed by atoms with E-state index in [0.717, 1.165) is 42.8 Å². The summed E-state index contributed by atoms with van der Waals surface area (Å²) in [5, 5.41) is 3.25. The van der Waals surface area contributed by atoms with E-state index in [1.807, 2.05) is 26.1 Å². The van der Waals surface area contributed by atoms with Gasteiger partial charge in [0.2, 0.25) is 0 Å². The zero-order valence-electron chi connectivity index (χ0n) is 24.6. The fraction of sp³-hybridized carbons (Fsp3) is 0.727. The number of aromatic nitrogens is 2. The molecule has 2 saturated heterocycles. The van der Waals surface area contributed by atoms with Gasteiger partial charge < -0.3 is 14.6 Å². The molecule has 0 radical (unpaired) electrons. The number of rotatable bonds is 6. The molecule has 1 N–H and O–H groups in total. The molecule has 7 nitrogen and oxygen atoms in total. The highest BCUT2D eigenvalue weighted by molar-refractivity contribution is 5.81. The standard InChI is InChI=1S/C33H48N4O3/c1-3-40-32(39)33(34-2)19-17-23(18-20-33)30-31(38)37(29-14-10-9-13-28(29)35-30)27-21-25-15-16-26(22-27)36(25)24-11-7-5-4-6-8-12-24/h9-10,13-14,23-27,34H,3-8,11-12,15-22H2,1-2H3/t23?,25-,26?,27?,33?/m0/s1. The molecule has 1 aromatic heterocycles. The molecule has 2 aliphatic carbocycles. The molecule has 2 aliphatic heterocycles. The second-order valence-corrected chi connectivity index (χ2v) is 12.9. The molecule has 4 fully saturated rings. The van der Waals surface area contributed by atoms with E-state index in [1.165, 1.54) is 57.8 Å². The molecule has 7 heteroatoms. The van der Waals surface area contributed by atoms with Gasteiger partial charge in [-0.05, 0) is 90.3 Å². The summed E-state index contributed by atoms with van der Waals surface area (Å²) in [7, 11) is 1.84. The van der Waals surface area contributed by atoms with Gasteiger partial charge in [-0.15, -0.1) is 0 Å². The van der Waals surface area contributed by atoms with Crippen molar-refractivity contribution in [2.24, 2.45) is 0 Å². The predicted molar refractivity (Wildman–Crippen MR) is 159 cm³/mol. The van der Waals surface area contributed by atoms with Crippen LogP contribution in [-0.4, -0.2) is 57.7 Å². The third-order valence-electron chi connectivity index (χ3n) is 10.8. The number of fused-ring (bicyclic) bond motifs is 3. The number of ether oxygens (including phenoxy) is 1. The molecular formula is C33H48N4O3. The number of likely N-dealkylation sites (N-methyl/N-ethyl adjacent to an activating group) is 1. The van der Waals surface area contributed by atoms with Crippen LogP contribution in [0.5, 0.6) is 0 Å². The number of esters is 1. The second kappa shape index (κ2) is 11.9. The number of piperidine rings is 1. The Bertz CT molecular complexity index is 1230. The van der Waals surface area contributed by atoms with Crippen molar-refractivity contribution in [2.75, 3.05) is 13.7 Å². The third-order valence-corrected chi connectivity index (χ3v) is 10.8. The molecule has 40 heavy (non-hydrogen) atoms. The summed E-state index contributed by atoms with van der Waals surface area (Å²) in [5.41, 5.74) is 2.03. The maximum absolute atomic E-state index is 14.3. The SMILES string of the molecule is CCOC(=O)C1(NC)CCC(c2nc3ccccc3n(C3CC4CC[C@@H](C3)N4C3CCCCCCC3)c2=O)CC1. The van der Waals surface area contributed by atoms with Gasteiger partial charge in [-0.1, -0.05) is 44.2 Å². The van der Waals surface area contributed by atoms with E-state index in [0.29, 0.717) is 37.2 Å². The van der Waals surface area contributed by atoms with Crippen molar-refractivity contribution in [3.63, 3.8) is 0 Å². The van der Waals surface area contributed by atoms with Gasteiger partial charge in [0.05, 0.1) is 17.6 Å². The number of carbonyl (C=O) groups is 1. The predicted octanol–water partition coefficient (Wildman–Crippen LogP) is 5.86. The topological polar surface area (TPSA) is 76.5 Å². The molecule has 2 bridgehead atoms. The minimum Gasteiger partial charge on any atom is -0.465 e. The number of nitrogens with one attached hydrogen (secondary N) is 1. The first-order valence-corrected chi connectivity index (χ1v) is 16.2. The fourth-order valence-corrected chi connectivity index (χ4v) is 8.74. The van der Waals surface area contributed by atoms with Gasteiger partial charge in [0.25, 0.3) is 5.56 Å². The summed E-state index contributed by atoms with van der Waals surface area (Å²) in [6, 6.07) is 10.4. The van der Waals surface area contributed by atoms with Gasteiger partial charge in [-0.2, -0.15) is 0 Å². The zero-order valence-corrected chi connectivity index (χ0v) is 24.6. The lowest BCUT2D eigenvalue weighted by molar-refractivity contribution is -0.152. The number of nitrogens with zero attached hydrogens (tertiary/aromatic N) is 3. The van der Waals surface area contributed by atoms with Gasteiger partial charge in [0.15, 0.2) is 0 Å². The Morgan fingerprint density at radius 3 is 2.23 bits per heavy atom. The first-order valence-electron chi connectivity index (χ1n) is 16.2. The van der Waals surface area contributed by atoms with Gasteiger partial charge in [-0.3, -0.25) is 14.5 Å². The molecule has 3 atom stereocenters. The maximum Gasteiger partial charge on any atom is 0.326 e. The molecule has 0 amide bonds. The quantitative estimate of drug-likeness (QED) is 0.456. The van der Waals surface area contributed by atoms with Crippen molar-refractivity contribution in [3.8, 4) is 0 Å². The van der Waals surface area contributed by atoms with Crippen molar-refractivity contribution in [2.45, 2.75) is 139 Å². The Balaban J connectivity index is 1.27. The van der Waals surface area contributed by atoms with E-state index >= 15 is 0 Å². The van der Waals surface area contributed by atoms with E-state index < -0.39 is 5.54 Å². The van der Waals surface area contributed by atoms with Gasteiger partial charge in [-0.25, -0.2) is 4.98 Å². The van der Waals surface area contributed by atoms with E-state index in [9.17, 15) is 9.59 Å². The molecule has 6 rings (SSSR count). The second-order valence-electron chi connectivity index (χ2n) is 12.9. The first-order chi connectivity index (χ1) is 19.5. The molecule has 1 aromatic carbocycles. The van der Waals surface area contributed by atoms with Crippen molar-refractivity contribution < 1.29 is 9.53 Å². The summed E-state index contributed by atoms with van der Waals surface area (Å²) < 4.78 is 7.54. The minimum absolute atomic E-state index is 0.0611. The van der Waals surface area contributed by atoms with Crippen molar-refractivity contribution in [1.82, 2.24) is 19.8 Å². The number of carbonyl (C=O) groups excluding carboxylic acids is 1. The highest BCUT2D eigenvalue weighted by Crippen LogP contribution is 2.44. The normalized spacial score (nSPS) is 32.0. The lowest BCUT2D eigenvalue weighted by Crippen LogP contribution is -2.53. The average molecular weight is 549 g/mol. The Morgan fingerprint density at radius 2 is 1.57 bits per heavy atom. The van der Waals surface area contributed by atoms with Gasteiger partial charge >= 0.3 is 5.97 Å². The van der Waals surface area contributed by atoms with Crippen molar-refractivity contribution >= 4 is 17.0 Å². The van der Waals surface area contributed by atoms with Crippen LogP contribution >= 0.6 is 0 Å². The number of hydrogen-bond donors (Lipinski definition) is 1. The first kappa shape index (κ1) is 27.9. The van der Waals surface area contributed by atoms with Gasteiger partial charge in [0, 0.05) is 30.1 Å². The van der Waals surface area contributed by atoms with Crippen LogP contribution in [0, 0.1) is 0 Å². The zero-order chi connectivity index (χ0) is 27.7. The average Bonchev–Trinajstić information content (AvgIpc) is 3.21. The molecule has 2 saturated carbocycles. The highest BCUT2D eigenvalue weighted by Gasteiger charge is 2.46. The fourth-order valence-electron chi connectivity index (χ4n) is 8.74. The minimum atomic E-state index is -0.661. The lowest BCUT2D eigenvalue weighted by atomic mass is 9.75. The largest absolute Gasteiger partial charge is 0.465 e. The highest BCUT2D eigenvalue weighted by atomic mass is 16.5. The Hall–Kier alpha value is -2.25. The van der Waals surface area contributed by atoms with Crippen LogP contribution in [0.2, 0.25) is 0 Å². The lowest BCUT2D eigenvalue weighted by Gasteiger charge is -2.45. The number of benzene rings is 1. The van der Waals surface area contributed by atoms with Crippen LogP contribution < -0.4 is 10.9 Å². The Morgan fingerprint density at radius 1 is 0.925 bits per heavy atom. The Kier molecular flexibility index (Phi) is 8.32. The molecular weight excluding hydrogens is 500 g/mol. The summed E-state index contributed by atoms with van der Waals surface area (Å²) in [6.07, 6.45) is 17.1. The molecule has 3 heterocycles. The molecule has 0 spiro atoms. The van der Waals surface area contributed by atoms with Crippen LogP contribution in [0.3, 0.4) is 0 Å². The van der Waals surface area contributed by atoms with E-state index in [4.69, 9.17) is 9.72 Å². The smallest absolute Gasteiger partial charge is 0.326 e. The summed E-state index contributed by atoms with van der Waals surface area (Å²) in [4.78, 5) is 35.0. The Labute approximate surface area is 239 Å². The third kappa shape index (κ3) is 5.13. The molecule has 2 aromatic rings. The number of para-hydroxylation sites is 2. The summed E-state index contributed by atoms with van der Waals surface area (Å²) in [5.74, 6) is -0.114. The van der Waals surface area contributed by atoms with E-state index in [2.05, 4.69) is 26.9 Å². The van der Waals surface area contributed by atoms with Crippen LogP contribution in [0.1, 0.15) is 121 Å². The van der Waals surface area contributed by atoms with E-state index in [1.54, 1.807) is 0 Å². The maximum atomic E-state index is 14.3. The van der Waals surface area contributed by atoms with Crippen molar-refractivity contribution in [1.29, 1.82) is 0 Å². The summed E-state index contributed by atoms with van der Waals surface area (Å²) in [6.45, 7) is 2.23. The van der Waals surface area contributed by atoms with Gasteiger partial charge in [0.1, 0.15) is 11.2 Å². The van der Waals surface area contributed by atoms with Crippen LogP contribution in [-0.2, 0) is 9.53 Å². The monoisotopic (exact) mass is 548 g/mol. The molecule has 2 unspecified atom stereocenters. The molecule has 4 aliphatic rings. The van der Waals surface area contributed by atoms with E-state index in [-0.39, 0.29) is 23.5 Å². The van der Waals surface area contributed by atoms with Crippen LogP contribution in [0.25, 0.3) is 11.0 Å². The number of hydrogen-bond acceptors (Lipinski definition) is 6. The summed E-state index contributed by atoms with van der Waals surface area (Å²) >= 11 is 0. The van der Waals surface area contributed by atoms with Crippen LogP contribution in [0.4, 0.5) is 0 Å². The van der Waals surface area contributed by atoms with Crippen molar-refractivity contribution in [3.05, 3.63) is 40.3 Å². The van der Waals surface area contributed by atoms with Crippen LogP contribution in [0.15, 0.2) is 29.1 Å².